The van der Waals surface area contributed by atoms with E-state index in [9.17, 15) is 14.4 Å². The molecule has 0 aromatic carbocycles. The highest BCUT2D eigenvalue weighted by atomic mass is 16.7. The van der Waals surface area contributed by atoms with Gasteiger partial charge in [-0.3, -0.25) is 24.3 Å². The molecular weight excluding hydrogens is 352 g/mol. The van der Waals surface area contributed by atoms with Gasteiger partial charge >= 0.3 is 0 Å². The lowest BCUT2D eigenvalue weighted by Gasteiger charge is -2.33. The van der Waals surface area contributed by atoms with Gasteiger partial charge in [0.1, 0.15) is 17.5 Å². The van der Waals surface area contributed by atoms with Crippen molar-refractivity contribution < 1.29 is 24.0 Å². The molecule has 0 spiro atoms. The largest absolute Gasteiger partial charge is 0.363 e. The van der Waals surface area contributed by atoms with Crippen molar-refractivity contribution in [3.63, 3.8) is 0 Å². The molecule has 0 unspecified atom stereocenters. The molecule has 3 atom stereocenters. The summed E-state index contributed by atoms with van der Waals surface area (Å²) in [6.45, 7) is 3.62. The fraction of sp³-hybridized carbons (Fsp3) is 0.667. The number of Topliss-reactive ketones (excluding diaryl/α,β-unsaturated/α-hetero) is 1. The summed E-state index contributed by atoms with van der Waals surface area (Å²) < 4.78 is 6.00. The van der Waals surface area contributed by atoms with Crippen LogP contribution in [0.2, 0.25) is 0 Å². The quantitative estimate of drug-likeness (QED) is 0.782. The number of piperidine rings is 1. The Kier molecular flexibility index (Phi) is 4.96. The Morgan fingerprint density at radius 3 is 2.81 bits per heavy atom. The normalized spacial score (nSPS) is 28.1. The third-order valence-electron chi connectivity index (χ3n) is 5.53. The molecule has 2 amide bonds. The summed E-state index contributed by atoms with van der Waals surface area (Å²) in [6, 6.07) is 1.48. The van der Waals surface area contributed by atoms with Crippen LogP contribution in [0.1, 0.15) is 53.6 Å². The number of likely N-dealkylation sites (tertiary alicyclic amines) is 1. The second-order valence-corrected chi connectivity index (χ2v) is 7.40. The third kappa shape index (κ3) is 3.61. The minimum absolute atomic E-state index is 0.110. The van der Waals surface area contributed by atoms with E-state index in [1.54, 1.807) is 4.90 Å². The molecule has 3 fully saturated rings. The summed E-state index contributed by atoms with van der Waals surface area (Å²) in [5, 5.41) is 7.93. The number of ether oxygens (including phenoxy) is 1. The first kappa shape index (κ1) is 18.1. The highest BCUT2D eigenvalue weighted by Crippen LogP contribution is 2.34. The van der Waals surface area contributed by atoms with Gasteiger partial charge in [0.05, 0.1) is 12.7 Å². The molecule has 4 heterocycles. The minimum Gasteiger partial charge on any atom is -0.363 e. The van der Waals surface area contributed by atoms with Crippen molar-refractivity contribution in [1.29, 1.82) is 0 Å². The van der Waals surface area contributed by atoms with Crippen molar-refractivity contribution in [3.8, 4) is 0 Å². The van der Waals surface area contributed by atoms with Crippen molar-refractivity contribution in [3.05, 3.63) is 17.5 Å². The second kappa shape index (κ2) is 7.40. The molecule has 3 aliphatic heterocycles. The monoisotopic (exact) mass is 376 g/mol. The van der Waals surface area contributed by atoms with Crippen LogP contribution >= 0.6 is 0 Å². The molecule has 1 aromatic rings. The smallest absolute Gasteiger partial charge is 0.275 e. The van der Waals surface area contributed by atoms with Gasteiger partial charge in [-0.15, -0.1) is 0 Å². The third-order valence-corrected chi connectivity index (χ3v) is 5.53. The van der Waals surface area contributed by atoms with Crippen LogP contribution in [0.5, 0.6) is 0 Å². The highest BCUT2D eigenvalue weighted by molar-refractivity contribution is 5.97. The Morgan fingerprint density at radius 1 is 1.26 bits per heavy atom. The Morgan fingerprint density at radius 2 is 2.11 bits per heavy atom. The van der Waals surface area contributed by atoms with Crippen LogP contribution in [0.4, 0.5) is 0 Å². The van der Waals surface area contributed by atoms with Gasteiger partial charge in [-0.05, 0) is 37.7 Å². The van der Waals surface area contributed by atoms with Crippen molar-refractivity contribution in [2.75, 3.05) is 26.2 Å². The number of H-pyrrole nitrogens is 1. The van der Waals surface area contributed by atoms with E-state index >= 15 is 0 Å². The van der Waals surface area contributed by atoms with Crippen molar-refractivity contribution in [1.82, 2.24) is 20.2 Å². The number of amides is 2. The van der Waals surface area contributed by atoms with Crippen LogP contribution in [0.3, 0.4) is 0 Å². The maximum absolute atomic E-state index is 12.7. The molecule has 9 nitrogen and oxygen atoms in total. The lowest BCUT2D eigenvalue weighted by Crippen LogP contribution is -2.46. The Bertz CT molecular complexity index is 742. The zero-order chi connectivity index (χ0) is 19.0. The first-order valence-corrected chi connectivity index (χ1v) is 9.48. The Hall–Kier alpha value is -2.26. The number of hydroxylamine groups is 2. The van der Waals surface area contributed by atoms with E-state index < -0.39 is 6.10 Å². The number of hydrogen-bond donors (Lipinski definition) is 1. The van der Waals surface area contributed by atoms with Crippen molar-refractivity contribution >= 4 is 17.6 Å². The van der Waals surface area contributed by atoms with E-state index in [2.05, 4.69) is 10.2 Å². The number of carbonyl (C=O) groups is 3. The molecule has 1 aromatic heterocycles. The molecule has 3 aliphatic rings. The van der Waals surface area contributed by atoms with E-state index in [0.717, 1.165) is 19.3 Å². The molecule has 146 valence electrons. The number of aromatic amines is 1. The predicted molar refractivity (Wildman–Crippen MR) is 92.8 cm³/mol. The van der Waals surface area contributed by atoms with Gasteiger partial charge in [0, 0.05) is 26.6 Å². The summed E-state index contributed by atoms with van der Waals surface area (Å²) in [5.41, 5.74) is 0.545. The van der Waals surface area contributed by atoms with Gasteiger partial charge in [0.25, 0.3) is 11.8 Å². The fourth-order valence-corrected chi connectivity index (χ4v) is 3.99. The number of hydrogen-bond acceptors (Lipinski definition) is 6. The van der Waals surface area contributed by atoms with Gasteiger partial charge in [-0.2, -0.15) is 5.10 Å². The topological polar surface area (TPSA) is 105 Å². The van der Waals surface area contributed by atoms with Gasteiger partial charge in [-0.25, -0.2) is 5.06 Å². The molecule has 0 saturated carbocycles. The zero-order valence-corrected chi connectivity index (χ0v) is 15.3. The SMILES string of the molecule is CC(=O)c1cc(C(=O)N2CC[C@H]3C[C@@H](C(=O)N4CCCCO4)O[C@@H]3C2)[nH]n1. The lowest BCUT2D eigenvalue weighted by atomic mass is 9.91. The average Bonchev–Trinajstić information content (AvgIpc) is 3.34. The predicted octanol–water partition coefficient (Wildman–Crippen LogP) is 0.786. The number of rotatable bonds is 3. The van der Waals surface area contributed by atoms with Crippen LogP contribution in [-0.2, 0) is 14.4 Å². The number of ketones is 1. The van der Waals surface area contributed by atoms with Gasteiger partial charge < -0.3 is 9.64 Å². The van der Waals surface area contributed by atoms with Gasteiger partial charge in [0.2, 0.25) is 0 Å². The van der Waals surface area contributed by atoms with Crippen LogP contribution in [0.15, 0.2) is 6.07 Å². The average molecular weight is 376 g/mol. The van der Waals surface area contributed by atoms with E-state index in [4.69, 9.17) is 9.57 Å². The highest BCUT2D eigenvalue weighted by Gasteiger charge is 2.44. The summed E-state index contributed by atoms with van der Waals surface area (Å²) in [5.74, 6) is -0.236. The standard InChI is InChI=1S/C18H24N4O5/c1-11(23)13-9-14(20-19-13)17(24)21-6-4-12-8-15(27-16(12)10-21)18(25)22-5-2-3-7-26-22/h9,12,15-16H,2-8,10H2,1H3,(H,19,20)/t12-,15-,16+/m0/s1. The van der Waals surface area contributed by atoms with Crippen molar-refractivity contribution in [2.45, 2.75) is 44.8 Å². The number of aromatic nitrogens is 2. The van der Waals surface area contributed by atoms with Gasteiger partial charge in [0.15, 0.2) is 5.78 Å². The lowest BCUT2D eigenvalue weighted by molar-refractivity contribution is -0.206. The molecule has 4 rings (SSSR count). The molecular formula is C18H24N4O5. The van der Waals surface area contributed by atoms with E-state index in [1.165, 1.54) is 18.1 Å². The van der Waals surface area contributed by atoms with Crippen LogP contribution in [0.25, 0.3) is 0 Å². The van der Waals surface area contributed by atoms with E-state index in [1.807, 2.05) is 0 Å². The van der Waals surface area contributed by atoms with Crippen LogP contribution in [0, 0.1) is 5.92 Å². The number of carbonyl (C=O) groups excluding carboxylic acids is 3. The fourth-order valence-electron chi connectivity index (χ4n) is 3.99. The molecule has 3 saturated heterocycles. The maximum Gasteiger partial charge on any atom is 0.275 e. The summed E-state index contributed by atoms with van der Waals surface area (Å²) >= 11 is 0. The first-order chi connectivity index (χ1) is 13.0. The molecule has 0 aliphatic carbocycles. The molecule has 1 N–H and O–H groups in total. The first-order valence-electron chi connectivity index (χ1n) is 9.48. The Labute approximate surface area is 156 Å². The second-order valence-electron chi connectivity index (χ2n) is 7.40. The van der Waals surface area contributed by atoms with E-state index in [0.29, 0.717) is 38.4 Å². The Balaban J connectivity index is 1.37. The molecule has 0 radical (unpaired) electrons. The van der Waals surface area contributed by atoms with E-state index in [-0.39, 0.29) is 35.3 Å². The summed E-state index contributed by atoms with van der Waals surface area (Å²) in [6.07, 6.45) is 2.72. The summed E-state index contributed by atoms with van der Waals surface area (Å²) in [4.78, 5) is 43.8. The maximum atomic E-state index is 12.7. The number of fused-ring (bicyclic) bond motifs is 1. The number of nitrogens with one attached hydrogen (secondary N) is 1. The van der Waals surface area contributed by atoms with Crippen LogP contribution in [-0.4, -0.2) is 76.2 Å². The number of nitrogens with zero attached hydrogens (tertiary/aromatic N) is 3. The summed E-state index contributed by atoms with van der Waals surface area (Å²) in [7, 11) is 0. The minimum atomic E-state index is -0.496. The molecule has 9 heteroatoms. The molecule has 27 heavy (non-hydrogen) atoms. The van der Waals surface area contributed by atoms with Crippen molar-refractivity contribution in [2.24, 2.45) is 5.92 Å². The zero-order valence-electron chi connectivity index (χ0n) is 15.3. The van der Waals surface area contributed by atoms with Gasteiger partial charge in [-0.1, -0.05) is 0 Å². The molecule has 0 bridgehead atoms. The van der Waals surface area contributed by atoms with Crippen LogP contribution < -0.4 is 0 Å².